The van der Waals surface area contributed by atoms with Crippen molar-refractivity contribution in [3.63, 3.8) is 0 Å². The summed E-state index contributed by atoms with van der Waals surface area (Å²) in [5, 5.41) is 0.888. The number of hydrogen-bond donors (Lipinski definition) is 1. The molecule has 0 spiro atoms. The van der Waals surface area contributed by atoms with Gasteiger partial charge in [0.25, 0.3) is 5.92 Å². The highest BCUT2D eigenvalue weighted by molar-refractivity contribution is 9.10. The Labute approximate surface area is 266 Å². The summed E-state index contributed by atoms with van der Waals surface area (Å²) in [6.45, 7) is -2.51. The highest BCUT2D eigenvalue weighted by Crippen LogP contribution is 2.40. The van der Waals surface area contributed by atoms with Gasteiger partial charge in [0, 0.05) is 29.2 Å². The monoisotopic (exact) mass is 717 g/mol. The molecule has 2 aliphatic rings. The van der Waals surface area contributed by atoms with E-state index >= 15 is 8.78 Å². The van der Waals surface area contributed by atoms with Crippen LogP contribution in [0.5, 0.6) is 5.75 Å². The SMILES string of the molecule is NC1CCN(C(=O)[C@H](N(CC(F)(F)F)S(=O)(=O)c2ccc3cc(OC4CCCC4)ccc3c2)C(F)(F)c2ccc(Br)cc2)CC1. The van der Waals surface area contributed by atoms with Crippen LogP contribution in [0.2, 0.25) is 0 Å². The molecule has 1 saturated heterocycles. The lowest BCUT2D eigenvalue weighted by Gasteiger charge is -2.40. The van der Waals surface area contributed by atoms with Crippen molar-refractivity contribution in [1.29, 1.82) is 0 Å². The Hall–Kier alpha value is -2.81. The van der Waals surface area contributed by atoms with E-state index in [9.17, 15) is 26.4 Å². The number of nitrogens with two attached hydrogens (primary N) is 1. The van der Waals surface area contributed by atoms with Crippen molar-refractivity contribution < 1.29 is 39.9 Å². The summed E-state index contributed by atoms with van der Waals surface area (Å²) in [6.07, 6.45) is -0.784. The number of sulfonamides is 1. The molecular formula is C31H33BrF5N3O4S. The summed E-state index contributed by atoms with van der Waals surface area (Å²) in [4.78, 5) is 14.1. The van der Waals surface area contributed by atoms with Gasteiger partial charge in [-0.2, -0.15) is 26.3 Å². The van der Waals surface area contributed by atoms with Gasteiger partial charge >= 0.3 is 6.18 Å². The van der Waals surface area contributed by atoms with E-state index in [0.717, 1.165) is 54.8 Å². The molecule has 1 heterocycles. The summed E-state index contributed by atoms with van der Waals surface area (Å²) < 4.78 is 109. The number of fused-ring (bicyclic) bond motifs is 1. The van der Waals surface area contributed by atoms with Crippen molar-refractivity contribution >= 4 is 42.6 Å². The molecule has 0 bridgehead atoms. The van der Waals surface area contributed by atoms with Crippen LogP contribution in [0.3, 0.4) is 0 Å². The Morgan fingerprint density at radius 3 is 2.16 bits per heavy atom. The molecule has 0 radical (unpaired) electrons. The summed E-state index contributed by atoms with van der Waals surface area (Å²) in [7, 11) is -5.33. The first-order chi connectivity index (χ1) is 21.1. The van der Waals surface area contributed by atoms with E-state index in [2.05, 4.69) is 15.9 Å². The van der Waals surface area contributed by atoms with Crippen molar-refractivity contribution in [1.82, 2.24) is 9.21 Å². The topological polar surface area (TPSA) is 92.9 Å². The minimum absolute atomic E-state index is 0.0653. The average molecular weight is 719 g/mol. The quantitative estimate of drug-likeness (QED) is 0.252. The third-order valence-corrected chi connectivity index (χ3v) is 10.6. The van der Waals surface area contributed by atoms with Crippen molar-refractivity contribution in [3.8, 4) is 5.75 Å². The van der Waals surface area contributed by atoms with Crippen LogP contribution in [-0.4, -0.2) is 67.5 Å². The van der Waals surface area contributed by atoms with Gasteiger partial charge in [0.1, 0.15) is 12.3 Å². The van der Waals surface area contributed by atoms with Crippen molar-refractivity contribution in [2.75, 3.05) is 19.6 Å². The summed E-state index contributed by atoms with van der Waals surface area (Å²) >= 11 is 3.13. The summed E-state index contributed by atoms with van der Waals surface area (Å²) in [6, 6.07) is 9.43. The fraction of sp³-hybridized carbons (Fsp3) is 0.452. The van der Waals surface area contributed by atoms with Crippen LogP contribution in [0.1, 0.15) is 44.1 Å². The number of carbonyl (C=O) groups excluding carboxylic acids is 1. The third kappa shape index (κ3) is 7.61. The lowest BCUT2D eigenvalue weighted by atomic mass is 9.98. The molecule has 7 nitrogen and oxygen atoms in total. The standard InChI is InChI=1S/C31H33BrF5N3O4S/c32-23-9-7-22(8-10-23)31(36,37)28(29(41)39-15-13-24(38)14-16-39)40(19-30(33,34)35)45(42,43)27-12-6-20-17-26(11-5-21(20)18-27)44-25-3-1-2-4-25/h5-12,17-18,24-25,28H,1-4,13-16,19,38H2/t28-/m0/s1. The lowest BCUT2D eigenvalue weighted by Crippen LogP contribution is -2.60. The van der Waals surface area contributed by atoms with Gasteiger partial charge in [-0.15, -0.1) is 0 Å². The van der Waals surface area contributed by atoms with E-state index in [1.54, 1.807) is 18.2 Å². The van der Waals surface area contributed by atoms with Crippen molar-refractivity contribution in [2.45, 2.75) is 73.7 Å². The molecule has 2 fully saturated rings. The number of ether oxygens (including phenoxy) is 1. The van der Waals surface area contributed by atoms with Crippen molar-refractivity contribution in [3.05, 3.63) is 70.7 Å². The molecule has 5 rings (SSSR count). The van der Waals surface area contributed by atoms with Crippen LogP contribution in [0.4, 0.5) is 22.0 Å². The van der Waals surface area contributed by atoms with E-state index in [-0.39, 0.29) is 38.1 Å². The van der Waals surface area contributed by atoms with Crippen LogP contribution in [-0.2, 0) is 20.7 Å². The van der Waals surface area contributed by atoms with Crippen LogP contribution in [0, 0.1) is 0 Å². The first kappa shape index (κ1) is 33.6. The molecule has 0 aromatic heterocycles. The smallest absolute Gasteiger partial charge is 0.402 e. The maximum atomic E-state index is 16.4. The Morgan fingerprint density at radius 2 is 1.53 bits per heavy atom. The molecule has 2 N–H and O–H groups in total. The first-order valence-corrected chi connectivity index (χ1v) is 16.9. The number of rotatable bonds is 9. The third-order valence-electron chi connectivity index (χ3n) is 8.28. The predicted molar refractivity (Wildman–Crippen MR) is 162 cm³/mol. The van der Waals surface area contributed by atoms with E-state index in [1.807, 2.05) is 0 Å². The van der Waals surface area contributed by atoms with Crippen LogP contribution in [0.25, 0.3) is 10.8 Å². The van der Waals surface area contributed by atoms with Gasteiger partial charge < -0.3 is 15.4 Å². The second kappa shape index (κ2) is 13.1. The normalized spacial score (nSPS) is 18.1. The zero-order valence-electron chi connectivity index (χ0n) is 24.2. The molecule has 1 aliphatic heterocycles. The minimum Gasteiger partial charge on any atom is -0.490 e. The van der Waals surface area contributed by atoms with Crippen LogP contribution in [0.15, 0.2) is 70.0 Å². The van der Waals surface area contributed by atoms with Gasteiger partial charge in [-0.05, 0) is 85.7 Å². The zero-order chi connectivity index (χ0) is 32.6. The number of amides is 1. The highest BCUT2D eigenvalue weighted by Gasteiger charge is 2.56. The molecule has 1 aliphatic carbocycles. The lowest BCUT2D eigenvalue weighted by molar-refractivity contribution is -0.169. The fourth-order valence-corrected chi connectivity index (χ4v) is 7.71. The van der Waals surface area contributed by atoms with Gasteiger partial charge in [-0.3, -0.25) is 4.79 Å². The summed E-state index contributed by atoms with van der Waals surface area (Å²) in [5.74, 6) is -5.22. The number of hydrogen-bond acceptors (Lipinski definition) is 5. The summed E-state index contributed by atoms with van der Waals surface area (Å²) in [5.41, 5.74) is 5.08. The van der Waals surface area contributed by atoms with E-state index in [4.69, 9.17) is 10.5 Å². The van der Waals surface area contributed by atoms with Gasteiger partial charge in [0.2, 0.25) is 15.9 Å². The molecule has 3 aromatic rings. The molecule has 3 aromatic carbocycles. The molecule has 45 heavy (non-hydrogen) atoms. The Bertz CT molecular complexity index is 1620. The number of benzene rings is 3. The molecule has 244 valence electrons. The number of likely N-dealkylation sites (tertiary alicyclic amines) is 1. The Morgan fingerprint density at radius 1 is 0.933 bits per heavy atom. The zero-order valence-corrected chi connectivity index (χ0v) is 26.6. The van der Waals surface area contributed by atoms with Crippen LogP contribution < -0.4 is 10.5 Å². The van der Waals surface area contributed by atoms with Gasteiger partial charge in [-0.25, -0.2) is 8.42 Å². The van der Waals surface area contributed by atoms with Crippen LogP contribution >= 0.6 is 15.9 Å². The second-order valence-corrected chi connectivity index (χ2v) is 14.4. The second-order valence-electron chi connectivity index (χ2n) is 11.6. The number of nitrogens with zero attached hydrogens (tertiary/aromatic N) is 2. The number of piperidine rings is 1. The Kier molecular flexibility index (Phi) is 9.79. The molecular weight excluding hydrogens is 685 g/mol. The van der Waals surface area contributed by atoms with E-state index < -0.39 is 55.4 Å². The highest BCUT2D eigenvalue weighted by atomic mass is 79.9. The Balaban J connectivity index is 1.58. The molecule has 14 heteroatoms. The molecule has 1 saturated carbocycles. The van der Waals surface area contributed by atoms with Gasteiger partial charge in [-0.1, -0.05) is 40.2 Å². The minimum atomic E-state index is -5.33. The fourth-order valence-electron chi connectivity index (χ4n) is 5.84. The largest absolute Gasteiger partial charge is 0.490 e. The van der Waals surface area contributed by atoms with E-state index in [0.29, 0.717) is 21.0 Å². The predicted octanol–water partition coefficient (Wildman–Crippen LogP) is 6.59. The number of halogens is 6. The van der Waals surface area contributed by atoms with Crippen molar-refractivity contribution in [2.24, 2.45) is 5.73 Å². The molecule has 1 amide bonds. The maximum Gasteiger partial charge on any atom is 0.402 e. The molecule has 0 unspecified atom stereocenters. The number of carbonyl (C=O) groups is 1. The first-order valence-electron chi connectivity index (χ1n) is 14.6. The molecule has 1 atom stereocenters. The maximum absolute atomic E-state index is 16.4. The number of alkyl halides is 5. The van der Waals surface area contributed by atoms with Gasteiger partial charge in [0.15, 0.2) is 6.04 Å². The average Bonchev–Trinajstić information content (AvgIpc) is 3.49. The van der Waals surface area contributed by atoms with Gasteiger partial charge in [0.05, 0.1) is 11.0 Å². The van der Waals surface area contributed by atoms with E-state index in [1.165, 1.54) is 18.2 Å².